The molecule has 13 aromatic rings. The van der Waals surface area contributed by atoms with E-state index in [9.17, 15) is 14.7 Å². The lowest BCUT2D eigenvalue weighted by atomic mass is 9.96. The van der Waals surface area contributed by atoms with E-state index in [2.05, 4.69) is 199 Å². The summed E-state index contributed by atoms with van der Waals surface area (Å²) in [6, 6.07) is 94.4. The van der Waals surface area contributed by atoms with Gasteiger partial charge in [0.05, 0.1) is 28.1 Å². The van der Waals surface area contributed by atoms with E-state index >= 15 is 0 Å². The molecule has 8 bridgehead atoms. The van der Waals surface area contributed by atoms with Gasteiger partial charge >= 0.3 is 5.97 Å². The van der Waals surface area contributed by atoms with Crippen LogP contribution in [-0.2, 0) is 4.79 Å². The standard InChI is InChI=1S/C86H64N6O4/c1-54-25-37-64(38-26-54)91(65-39-27-55(2)28-40-65)68-45-33-62(34-46-68)78-74-49-70(58-17-9-5-10-18-58)81(87-74)80(86(94)95)82-71(59-19-11-6-12-20-59)50-75(88-82)79(63-35-47-69(48-36-63)92(66-41-29-56(3)30-42-66)67-43-31-57(4)32-44-67)77-52-73(61-23-15-8-16-24-61)84(90-77)85(96-53-93)83-72(51-76(78)89-83)60-21-13-7-14-22-60/h5-53,87,90H,1-4H3,(H,94,95). The van der Waals surface area contributed by atoms with Gasteiger partial charge in [0, 0.05) is 78.6 Å². The number of carboxylic acids is 1. The number of aromatic carboxylic acids is 1. The van der Waals surface area contributed by atoms with Gasteiger partial charge in [0.25, 0.3) is 6.47 Å². The maximum atomic E-state index is 14.9. The Kier molecular flexibility index (Phi) is 15.8. The first kappa shape index (κ1) is 59.6. The molecule has 0 atom stereocenters. The molecule has 2 aliphatic heterocycles. The van der Waals surface area contributed by atoms with E-state index in [-0.39, 0.29) is 17.0 Å². The third kappa shape index (κ3) is 11.4. The van der Waals surface area contributed by atoms with E-state index in [0.29, 0.717) is 73.5 Å². The van der Waals surface area contributed by atoms with Gasteiger partial charge in [-0.25, -0.2) is 14.8 Å². The van der Waals surface area contributed by atoms with E-state index < -0.39 is 5.97 Å². The zero-order valence-electron chi connectivity index (χ0n) is 53.3. The Morgan fingerprint density at radius 3 is 1.05 bits per heavy atom. The largest absolute Gasteiger partial charge is 0.478 e. The van der Waals surface area contributed by atoms with Crippen LogP contribution in [0.2, 0.25) is 0 Å². The van der Waals surface area contributed by atoms with Crippen molar-refractivity contribution in [3.8, 4) is 50.3 Å². The molecule has 3 aromatic heterocycles. The Labute approximate surface area is 556 Å². The van der Waals surface area contributed by atoms with Crippen LogP contribution in [-0.4, -0.2) is 37.5 Å². The molecule has 2 aliphatic rings. The monoisotopic (exact) mass is 1240 g/mol. The van der Waals surface area contributed by atoms with Gasteiger partial charge in [-0.15, -0.1) is 0 Å². The first-order valence-corrected chi connectivity index (χ1v) is 32.0. The number of aromatic amines is 2. The van der Waals surface area contributed by atoms with Crippen molar-refractivity contribution in [2.24, 2.45) is 0 Å². The number of aryl methyl sites for hydroxylation is 4. The molecule has 0 saturated carbocycles. The third-order valence-corrected chi connectivity index (χ3v) is 17.9. The number of carbonyl (C=O) groups is 2. The molecule has 0 spiro atoms. The van der Waals surface area contributed by atoms with Crippen LogP contribution < -0.4 is 14.5 Å². The maximum absolute atomic E-state index is 14.9. The predicted molar refractivity (Wildman–Crippen MR) is 392 cm³/mol. The van der Waals surface area contributed by atoms with Gasteiger partial charge in [0.15, 0.2) is 5.75 Å². The Hall–Kier alpha value is -12.7. The Balaban J connectivity index is 1.09. The van der Waals surface area contributed by atoms with Gasteiger partial charge < -0.3 is 29.6 Å². The molecular formula is C86H64N6O4. The van der Waals surface area contributed by atoms with Crippen LogP contribution in [0.15, 0.2) is 279 Å². The van der Waals surface area contributed by atoms with Crippen LogP contribution in [0.1, 0.15) is 66.5 Å². The fraction of sp³-hybridized carbons (Fsp3) is 0.0465. The summed E-state index contributed by atoms with van der Waals surface area (Å²) in [6.07, 6.45) is 4.03. The Morgan fingerprint density at radius 2 is 0.698 bits per heavy atom. The highest BCUT2D eigenvalue weighted by molar-refractivity contribution is 6.12. The Morgan fingerprint density at radius 1 is 0.385 bits per heavy atom. The van der Waals surface area contributed by atoms with E-state index in [1.54, 1.807) is 0 Å². The van der Waals surface area contributed by atoms with Crippen LogP contribution >= 0.6 is 0 Å². The minimum atomic E-state index is -1.18. The quantitative estimate of drug-likeness (QED) is 0.0866. The molecule has 0 amide bonds. The zero-order chi connectivity index (χ0) is 65.4. The number of carbonyl (C=O) groups excluding carboxylic acids is 1. The number of rotatable bonds is 15. The lowest BCUT2D eigenvalue weighted by Gasteiger charge is -2.26. The number of hydrogen-bond acceptors (Lipinski definition) is 7. The summed E-state index contributed by atoms with van der Waals surface area (Å²) in [4.78, 5) is 51.8. The van der Waals surface area contributed by atoms with E-state index in [1.807, 2.05) is 140 Å². The van der Waals surface area contributed by atoms with Crippen molar-refractivity contribution in [2.45, 2.75) is 27.7 Å². The molecule has 0 fully saturated rings. The summed E-state index contributed by atoms with van der Waals surface area (Å²) in [5.41, 5.74) is 22.8. The smallest absolute Gasteiger partial charge is 0.340 e. The highest BCUT2D eigenvalue weighted by Gasteiger charge is 2.30. The molecule has 3 N–H and O–H groups in total. The number of anilines is 6. The second kappa shape index (κ2) is 25.4. The number of benzene rings is 10. The molecule has 462 valence electrons. The number of H-pyrrole nitrogens is 2. The predicted octanol–water partition coefficient (Wildman–Crippen LogP) is 21.6. The number of ether oxygens (including phenoxy) is 1. The number of aromatic nitrogens is 4. The van der Waals surface area contributed by atoms with E-state index in [1.165, 1.54) is 0 Å². The highest BCUT2D eigenvalue weighted by Crippen LogP contribution is 2.47. The third-order valence-electron chi connectivity index (χ3n) is 17.9. The van der Waals surface area contributed by atoms with Gasteiger partial charge in [-0.2, -0.15) is 0 Å². The van der Waals surface area contributed by atoms with Crippen molar-refractivity contribution in [1.82, 2.24) is 19.9 Å². The lowest BCUT2D eigenvalue weighted by molar-refractivity contribution is -0.120. The average molecular weight is 1250 g/mol. The van der Waals surface area contributed by atoms with Crippen molar-refractivity contribution < 1.29 is 19.4 Å². The number of hydrogen-bond donors (Lipinski definition) is 3. The van der Waals surface area contributed by atoms with Gasteiger partial charge in [-0.3, -0.25) is 4.79 Å². The molecule has 0 saturated heterocycles. The maximum Gasteiger partial charge on any atom is 0.340 e. The number of carboxylic acid groups (broad SMARTS) is 1. The van der Waals surface area contributed by atoms with Crippen LogP contribution in [0.3, 0.4) is 0 Å². The Bertz CT molecular complexity index is 5110. The van der Waals surface area contributed by atoms with E-state index in [0.717, 1.165) is 95.3 Å². The molecule has 0 aliphatic carbocycles. The number of fused-ring (bicyclic) bond motifs is 8. The average Bonchev–Trinajstić information content (AvgIpc) is 1.63. The second-order valence-electron chi connectivity index (χ2n) is 24.3. The fourth-order valence-electron chi connectivity index (χ4n) is 13.1. The van der Waals surface area contributed by atoms with Crippen molar-refractivity contribution in [3.63, 3.8) is 0 Å². The molecular weight excluding hydrogens is 1180 g/mol. The topological polar surface area (TPSA) is 127 Å². The minimum absolute atomic E-state index is 0.0337. The first-order valence-electron chi connectivity index (χ1n) is 32.0. The summed E-state index contributed by atoms with van der Waals surface area (Å²) in [7, 11) is 0. The van der Waals surface area contributed by atoms with E-state index in [4.69, 9.17) is 14.7 Å². The first-order chi connectivity index (χ1) is 47.0. The molecule has 5 heterocycles. The van der Waals surface area contributed by atoms with Gasteiger partial charge in [-0.05, 0) is 158 Å². The molecule has 10 nitrogen and oxygen atoms in total. The summed E-state index contributed by atoms with van der Waals surface area (Å²) in [6.45, 7) is 8.80. The van der Waals surface area contributed by atoms with Crippen LogP contribution in [0.25, 0.3) is 89.9 Å². The van der Waals surface area contributed by atoms with Crippen molar-refractivity contribution in [1.29, 1.82) is 0 Å². The zero-order valence-corrected chi connectivity index (χ0v) is 53.3. The molecule has 10 aromatic carbocycles. The van der Waals surface area contributed by atoms with Gasteiger partial charge in [-0.1, -0.05) is 216 Å². The van der Waals surface area contributed by atoms with Crippen LogP contribution in [0.4, 0.5) is 34.1 Å². The summed E-state index contributed by atoms with van der Waals surface area (Å²) >= 11 is 0. The SMILES string of the molecule is Cc1ccc(N(c2ccc(C)cc2)c2ccc(-c3c4nc(c(C(=O)O)c5[nH]c(cc5-c5ccccc5)c(-c5ccc(N(c6ccc(C)cc6)c6ccc(C)cc6)cc5)c5nc(c(OC=O)c6[nH]c3cc6-c3ccccc3)C(c3ccccc3)=C5)C(c3ccccc3)=C4)cc2)cc1. The summed E-state index contributed by atoms with van der Waals surface area (Å²) in [5, 5.41) is 12.2. The fourth-order valence-corrected chi connectivity index (χ4v) is 13.1. The van der Waals surface area contributed by atoms with Crippen molar-refractivity contribution in [3.05, 3.63) is 341 Å². The normalized spacial score (nSPS) is 11.8. The molecule has 15 rings (SSSR count). The lowest BCUT2D eigenvalue weighted by Crippen LogP contribution is -2.09. The summed E-state index contributed by atoms with van der Waals surface area (Å²) < 4.78 is 6.44. The highest BCUT2D eigenvalue weighted by atomic mass is 16.5. The van der Waals surface area contributed by atoms with Crippen LogP contribution in [0.5, 0.6) is 5.75 Å². The van der Waals surface area contributed by atoms with Gasteiger partial charge in [0.1, 0.15) is 11.3 Å². The van der Waals surface area contributed by atoms with Crippen LogP contribution in [0, 0.1) is 27.7 Å². The molecule has 0 unspecified atom stereocenters. The summed E-state index contributed by atoms with van der Waals surface area (Å²) in [5.74, 6) is -0.992. The van der Waals surface area contributed by atoms with Gasteiger partial charge in [0.2, 0.25) is 0 Å². The molecule has 96 heavy (non-hydrogen) atoms. The number of nitrogens with zero attached hydrogens (tertiary/aromatic N) is 4. The second-order valence-corrected chi connectivity index (χ2v) is 24.3. The number of nitrogens with one attached hydrogen (secondary N) is 2. The minimum Gasteiger partial charge on any atom is -0.478 e. The van der Waals surface area contributed by atoms with Crippen molar-refractivity contribution in [2.75, 3.05) is 9.80 Å². The van der Waals surface area contributed by atoms with Crippen molar-refractivity contribution >= 4 is 91.9 Å². The molecule has 10 heteroatoms. The molecule has 0 radical (unpaired) electrons.